The number of hydrogen-bond acceptors (Lipinski definition) is 6. The number of ether oxygens (including phenoxy) is 2. The lowest BCUT2D eigenvalue weighted by atomic mass is 10.5. The smallest absolute Gasteiger partial charge is 0.181 e. The molecule has 0 radical (unpaired) electrons. The molecule has 0 fully saturated rings. The zero-order valence-electron chi connectivity index (χ0n) is 8.25. The molecule has 0 saturated heterocycles. The Kier molecular flexibility index (Phi) is 3.11. The third-order valence-electron chi connectivity index (χ3n) is 1.71. The van der Waals surface area contributed by atoms with Gasteiger partial charge in [0.25, 0.3) is 0 Å². The van der Waals surface area contributed by atoms with E-state index in [1.165, 1.54) is 0 Å². The second-order valence-corrected chi connectivity index (χ2v) is 2.81. The van der Waals surface area contributed by atoms with Crippen molar-refractivity contribution in [1.29, 1.82) is 0 Å². The van der Waals surface area contributed by atoms with Crippen LogP contribution >= 0.6 is 0 Å². The molecule has 0 aromatic carbocycles. The van der Waals surface area contributed by atoms with Gasteiger partial charge in [0.2, 0.25) is 0 Å². The normalized spacial score (nSPS) is 10.7. The van der Waals surface area contributed by atoms with Crippen LogP contribution in [0.25, 0.3) is 11.2 Å². The Bertz CT molecular complexity index is 449. The van der Waals surface area contributed by atoms with Gasteiger partial charge in [-0.05, 0) is 0 Å². The summed E-state index contributed by atoms with van der Waals surface area (Å²) in [5.41, 5.74) is 1.25. The lowest BCUT2D eigenvalue weighted by molar-refractivity contribution is -0.0411. The number of aromatic nitrogens is 4. The van der Waals surface area contributed by atoms with Crippen LogP contribution in [0.3, 0.4) is 0 Å². The zero-order chi connectivity index (χ0) is 10.5. The fraction of sp³-hybridized carbons (Fsp3) is 0.333. The summed E-state index contributed by atoms with van der Waals surface area (Å²) >= 11 is 0. The number of hydrogen-bond donors (Lipinski definition) is 0. The molecule has 0 spiro atoms. The second-order valence-electron chi connectivity index (χ2n) is 2.81. The molecule has 0 N–H and O–H groups in total. The Morgan fingerprint density at radius 1 is 1.20 bits per heavy atom. The first-order valence-electron chi connectivity index (χ1n) is 4.39. The van der Waals surface area contributed by atoms with Crippen molar-refractivity contribution in [2.75, 3.05) is 13.9 Å². The summed E-state index contributed by atoms with van der Waals surface area (Å²) < 4.78 is 9.87. The summed E-state index contributed by atoms with van der Waals surface area (Å²) in [6.07, 6.45) is 4.82. The van der Waals surface area contributed by atoms with Crippen molar-refractivity contribution in [1.82, 2.24) is 19.9 Å². The summed E-state index contributed by atoms with van der Waals surface area (Å²) in [6.45, 7) is 0.530. The van der Waals surface area contributed by atoms with Crippen molar-refractivity contribution in [3.63, 3.8) is 0 Å². The Hall–Kier alpha value is -1.66. The van der Waals surface area contributed by atoms with Gasteiger partial charge in [0.1, 0.15) is 18.9 Å². The van der Waals surface area contributed by atoms with Crippen LogP contribution in [0.2, 0.25) is 0 Å². The predicted octanol–water partition coefficient (Wildman–Crippen LogP) is 0.540. The van der Waals surface area contributed by atoms with Crippen LogP contribution in [-0.2, 0) is 16.1 Å². The van der Waals surface area contributed by atoms with Crippen LogP contribution in [0.1, 0.15) is 5.82 Å². The standard InChI is InChI=1S/C9H10N4O2/c1-14-6-15-5-8-12-4-7-9(13-8)11-3-2-10-7/h2-4H,5-6H2,1H3. The third kappa shape index (κ3) is 2.42. The average Bonchev–Trinajstić information content (AvgIpc) is 2.29. The van der Waals surface area contributed by atoms with E-state index < -0.39 is 0 Å². The number of rotatable bonds is 4. The van der Waals surface area contributed by atoms with Crippen LogP contribution < -0.4 is 0 Å². The first-order valence-corrected chi connectivity index (χ1v) is 4.39. The zero-order valence-corrected chi connectivity index (χ0v) is 8.25. The van der Waals surface area contributed by atoms with Gasteiger partial charge < -0.3 is 9.47 Å². The lowest BCUT2D eigenvalue weighted by Crippen LogP contribution is -2.02. The molecule has 0 amide bonds. The Morgan fingerprint density at radius 2 is 2.07 bits per heavy atom. The molecule has 0 aliphatic rings. The monoisotopic (exact) mass is 206 g/mol. The van der Waals surface area contributed by atoms with Crippen molar-refractivity contribution >= 4 is 11.2 Å². The maximum Gasteiger partial charge on any atom is 0.181 e. The molecule has 6 nitrogen and oxygen atoms in total. The maximum absolute atomic E-state index is 5.12. The molecule has 0 aliphatic heterocycles. The highest BCUT2D eigenvalue weighted by Gasteiger charge is 2.00. The fourth-order valence-corrected chi connectivity index (χ4v) is 1.09. The van der Waals surface area contributed by atoms with Crippen LogP contribution in [0.15, 0.2) is 18.6 Å². The third-order valence-corrected chi connectivity index (χ3v) is 1.71. The minimum Gasteiger partial charge on any atom is -0.359 e. The Morgan fingerprint density at radius 3 is 2.93 bits per heavy atom. The van der Waals surface area contributed by atoms with Crippen LogP contribution in [0, 0.1) is 0 Å². The van der Waals surface area contributed by atoms with Crippen molar-refractivity contribution in [3.05, 3.63) is 24.4 Å². The quantitative estimate of drug-likeness (QED) is 0.537. The molecule has 0 bridgehead atoms. The number of nitrogens with zero attached hydrogens (tertiary/aromatic N) is 4. The molecule has 0 saturated carbocycles. The molecule has 0 atom stereocenters. The minimum atomic E-state index is 0.224. The molecule has 0 aliphatic carbocycles. The van der Waals surface area contributed by atoms with Crippen molar-refractivity contribution in [3.8, 4) is 0 Å². The molecule has 0 unspecified atom stereocenters. The van der Waals surface area contributed by atoms with E-state index in [1.807, 2.05) is 0 Å². The molecule has 2 aromatic heterocycles. The molecule has 78 valence electrons. The van der Waals surface area contributed by atoms with E-state index in [4.69, 9.17) is 9.47 Å². The van der Waals surface area contributed by atoms with Crippen molar-refractivity contribution < 1.29 is 9.47 Å². The highest BCUT2D eigenvalue weighted by Crippen LogP contribution is 2.03. The molecule has 15 heavy (non-hydrogen) atoms. The topological polar surface area (TPSA) is 70.0 Å². The number of fused-ring (bicyclic) bond motifs is 1. The predicted molar refractivity (Wildman–Crippen MR) is 51.8 cm³/mol. The lowest BCUT2D eigenvalue weighted by Gasteiger charge is -2.01. The summed E-state index contributed by atoms with van der Waals surface area (Å²) in [5.74, 6) is 0.569. The van der Waals surface area contributed by atoms with Gasteiger partial charge in [0.05, 0.1) is 6.20 Å². The first kappa shape index (κ1) is 9.88. The van der Waals surface area contributed by atoms with Gasteiger partial charge in [0.15, 0.2) is 11.5 Å². The van der Waals surface area contributed by atoms with Crippen molar-refractivity contribution in [2.24, 2.45) is 0 Å². The highest BCUT2D eigenvalue weighted by atomic mass is 16.7. The maximum atomic E-state index is 5.12. The Balaban J connectivity index is 2.16. The van der Waals surface area contributed by atoms with E-state index in [1.54, 1.807) is 25.7 Å². The minimum absolute atomic E-state index is 0.224. The first-order chi connectivity index (χ1) is 7.40. The van der Waals surface area contributed by atoms with Gasteiger partial charge in [-0.3, -0.25) is 0 Å². The molecular formula is C9H10N4O2. The Labute approximate surface area is 86.3 Å². The summed E-state index contributed by atoms with van der Waals surface area (Å²) in [6, 6.07) is 0. The van der Waals surface area contributed by atoms with E-state index in [9.17, 15) is 0 Å². The second kappa shape index (κ2) is 4.72. The summed E-state index contributed by atoms with van der Waals surface area (Å²) in [4.78, 5) is 16.4. The highest BCUT2D eigenvalue weighted by molar-refractivity contribution is 5.67. The number of methoxy groups -OCH3 is 1. The van der Waals surface area contributed by atoms with E-state index in [0.717, 1.165) is 0 Å². The molecule has 6 heteroatoms. The molecule has 2 aromatic rings. The molecular weight excluding hydrogens is 196 g/mol. The van der Waals surface area contributed by atoms with Gasteiger partial charge >= 0.3 is 0 Å². The van der Waals surface area contributed by atoms with E-state index in [0.29, 0.717) is 23.6 Å². The van der Waals surface area contributed by atoms with Gasteiger partial charge in [-0.1, -0.05) is 0 Å². The van der Waals surface area contributed by atoms with Gasteiger partial charge in [-0.25, -0.2) is 19.9 Å². The summed E-state index contributed by atoms with van der Waals surface area (Å²) in [7, 11) is 1.56. The van der Waals surface area contributed by atoms with Crippen molar-refractivity contribution in [2.45, 2.75) is 6.61 Å². The van der Waals surface area contributed by atoms with E-state index in [-0.39, 0.29) is 6.79 Å². The average molecular weight is 206 g/mol. The van der Waals surface area contributed by atoms with Crippen LogP contribution in [-0.4, -0.2) is 33.8 Å². The summed E-state index contributed by atoms with van der Waals surface area (Å²) in [5, 5.41) is 0. The van der Waals surface area contributed by atoms with E-state index >= 15 is 0 Å². The van der Waals surface area contributed by atoms with E-state index in [2.05, 4.69) is 19.9 Å². The SMILES string of the molecule is COCOCc1ncc2nccnc2n1. The van der Waals surface area contributed by atoms with Gasteiger partial charge in [-0.2, -0.15) is 0 Å². The molecule has 2 rings (SSSR count). The fourth-order valence-electron chi connectivity index (χ4n) is 1.09. The molecule has 2 heterocycles. The van der Waals surface area contributed by atoms with Gasteiger partial charge in [0, 0.05) is 19.5 Å². The largest absolute Gasteiger partial charge is 0.359 e. The van der Waals surface area contributed by atoms with Gasteiger partial charge in [-0.15, -0.1) is 0 Å². The van der Waals surface area contributed by atoms with Crippen LogP contribution in [0.4, 0.5) is 0 Å². The van der Waals surface area contributed by atoms with Crippen LogP contribution in [0.5, 0.6) is 0 Å².